The summed E-state index contributed by atoms with van der Waals surface area (Å²) in [5.41, 5.74) is 1.79. The third-order valence-electron chi connectivity index (χ3n) is 4.40. The van der Waals surface area contributed by atoms with Gasteiger partial charge >= 0.3 is 0 Å². The van der Waals surface area contributed by atoms with E-state index in [1.165, 1.54) is 35.9 Å². The van der Waals surface area contributed by atoms with Gasteiger partial charge in [-0.25, -0.2) is 0 Å². The summed E-state index contributed by atoms with van der Waals surface area (Å²) in [7, 11) is 1.63. The molecule has 1 aliphatic heterocycles. The highest BCUT2D eigenvalue weighted by molar-refractivity contribution is 6.34. The topological polar surface area (TPSA) is 66.7 Å². The normalized spacial score (nSPS) is 13.8. The van der Waals surface area contributed by atoms with Crippen LogP contribution in [0.3, 0.4) is 0 Å². The van der Waals surface area contributed by atoms with Gasteiger partial charge in [-0.2, -0.15) is 0 Å². The molecule has 0 N–H and O–H groups in total. The van der Waals surface area contributed by atoms with Gasteiger partial charge in [0.25, 0.3) is 11.6 Å². The summed E-state index contributed by atoms with van der Waals surface area (Å²) in [5.74, 6) is -0.386. The number of non-ortho nitro benzene ring substituents is 1. The molecule has 0 bridgehead atoms. The van der Waals surface area contributed by atoms with E-state index in [4.69, 9.17) is 11.6 Å². The second kappa shape index (κ2) is 7.11. The molecule has 0 aromatic heterocycles. The van der Waals surface area contributed by atoms with Gasteiger partial charge in [-0.05, 0) is 43.2 Å². The smallest absolute Gasteiger partial charge is 0.270 e. The molecular formula is C18H18ClN3O3. The van der Waals surface area contributed by atoms with Crippen LogP contribution in [0.2, 0.25) is 5.02 Å². The molecule has 0 spiro atoms. The standard InChI is InChI=1S/C18H18ClN3O3/c1-20(13-4-6-14(7-5-13)21-10-2-3-11-21)18(23)16-12-15(22(24)25)8-9-17(16)19/h4-9,12H,2-3,10-11H2,1H3. The predicted molar refractivity (Wildman–Crippen MR) is 98.7 cm³/mol. The average molecular weight is 360 g/mol. The fraction of sp³-hybridized carbons (Fsp3) is 0.278. The molecule has 0 atom stereocenters. The third kappa shape index (κ3) is 3.58. The zero-order valence-electron chi connectivity index (χ0n) is 13.8. The zero-order valence-corrected chi connectivity index (χ0v) is 14.6. The minimum absolute atomic E-state index is 0.113. The molecule has 7 heteroatoms. The van der Waals surface area contributed by atoms with Crippen molar-refractivity contribution in [1.82, 2.24) is 0 Å². The molecule has 1 saturated heterocycles. The number of amides is 1. The van der Waals surface area contributed by atoms with Crippen molar-refractivity contribution < 1.29 is 9.72 Å². The van der Waals surface area contributed by atoms with Crippen LogP contribution < -0.4 is 9.80 Å². The molecule has 0 saturated carbocycles. The van der Waals surface area contributed by atoms with E-state index in [9.17, 15) is 14.9 Å². The van der Waals surface area contributed by atoms with E-state index in [0.717, 1.165) is 18.8 Å². The fourth-order valence-corrected chi connectivity index (χ4v) is 3.15. The molecule has 0 aliphatic carbocycles. The Hall–Kier alpha value is -2.60. The summed E-state index contributed by atoms with van der Waals surface area (Å²) in [6.07, 6.45) is 2.40. The first-order chi connectivity index (χ1) is 12.0. The van der Waals surface area contributed by atoms with Gasteiger partial charge < -0.3 is 9.80 Å². The summed E-state index contributed by atoms with van der Waals surface area (Å²) >= 11 is 6.06. The quantitative estimate of drug-likeness (QED) is 0.608. The molecule has 1 heterocycles. The van der Waals surface area contributed by atoms with Gasteiger partial charge in [0, 0.05) is 43.6 Å². The van der Waals surface area contributed by atoms with Gasteiger partial charge in [0.15, 0.2) is 0 Å². The fourth-order valence-electron chi connectivity index (χ4n) is 2.95. The highest BCUT2D eigenvalue weighted by Crippen LogP contribution is 2.27. The number of hydrogen-bond donors (Lipinski definition) is 0. The number of rotatable bonds is 4. The van der Waals surface area contributed by atoms with Crippen LogP contribution in [0.1, 0.15) is 23.2 Å². The number of benzene rings is 2. The highest BCUT2D eigenvalue weighted by atomic mass is 35.5. The van der Waals surface area contributed by atoms with E-state index in [1.54, 1.807) is 7.05 Å². The van der Waals surface area contributed by atoms with E-state index >= 15 is 0 Å². The molecule has 2 aromatic carbocycles. The van der Waals surface area contributed by atoms with Crippen molar-refractivity contribution in [1.29, 1.82) is 0 Å². The molecule has 1 amide bonds. The van der Waals surface area contributed by atoms with Crippen LogP contribution in [0, 0.1) is 10.1 Å². The van der Waals surface area contributed by atoms with Crippen LogP contribution >= 0.6 is 11.6 Å². The van der Waals surface area contributed by atoms with Gasteiger partial charge in [0.1, 0.15) is 0 Å². The number of nitro groups is 1. The Balaban J connectivity index is 1.82. The largest absolute Gasteiger partial charge is 0.372 e. The lowest BCUT2D eigenvalue weighted by molar-refractivity contribution is -0.384. The van der Waals surface area contributed by atoms with E-state index in [0.29, 0.717) is 5.69 Å². The third-order valence-corrected chi connectivity index (χ3v) is 4.73. The lowest BCUT2D eigenvalue weighted by Crippen LogP contribution is -2.26. The van der Waals surface area contributed by atoms with Crippen molar-refractivity contribution in [3.63, 3.8) is 0 Å². The summed E-state index contributed by atoms with van der Waals surface area (Å²) in [5, 5.41) is 11.1. The first kappa shape index (κ1) is 17.2. The Morgan fingerprint density at radius 2 is 1.80 bits per heavy atom. The van der Waals surface area contributed by atoms with Crippen LogP contribution in [-0.2, 0) is 0 Å². The van der Waals surface area contributed by atoms with Crippen LogP contribution in [0.4, 0.5) is 17.1 Å². The number of carbonyl (C=O) groups is 1. The van der Waals surface area contributed by atoms with Gasteiger partial charge in [-0.3, -0.25) is 14.9 Å². The Labute approximate surface area is 150 Å². The molecule has 1 aliphatic rings. The molecule has 25 heavy (non-hydrogen) atoms. The maximum absolute atomic E-state index is 12.7. The Morgan fingerprint density at radius 3 is 2.40 bits per heavy atom. The maximum Gasteiger partial charge on any atom is 0.270 e. The molecule has 130 valence electrons. The average Bonchev–Trinajstić information content (AvgIpc) is 3.15. The number of anilines is 2. The molecule has 6 nitrogen and oxygen atoms in total. The lowest BCUT2D eigenvalue weighted by Gasteiger charge is -2.21. The molecule has 2 aromatic rings. The lowest BCUT2D eigenvalue weighted by atomic mass is 10.1. The number of carbonyl (C=O) groups excluding carboxylic acids is 1. The molecule has 1 fully saturated rings. The van der Waals surface area contributed by atoms with Gasteiger partial charge in [0.05, 0.1) is 15.5 Å². The summed E-state index contributed by atoms with van der Waals surface area (Å²) in [6.45, 7) is 2.11. The van der Waals surface area contributed by atoms with Crippen molar-refractivity contribution in [2.24, 2.45) is 0 Å². The second-order valence-electron chi connectivity index (χ2n) is 6.00. The first-order valence-electron chi connectivity index (χ1n) is 8.04. The van der Waals surface area contributed by atoms with Crippen molar-refractivity contribution in [2.75, 3.05) is 29.9 Å². The van der Waals surface area contributed by atoms with Crippen LogP contribution in [0.15, 0.2) is 42.5 Å². The predicted octanol–water partition coefficient (Wildman–Crippen LogP) is 4.13. The molecule has 3 rings (SSSR count). The summed E-state index contributed by atoms with van der Waals surface area (Å²) < 4.78 is 0. The van der Waals surface area contributed by atoms with E-state index in [1.807, 2.05) is 24.3 Å². The maximum atomic E-state index is 12.7. The number of halogens is 1. The van der Waals surface area contributed by atoms with Crippen molar-refractivity contribution in [3.8, 4) is 0 Å². The monoisotopic (exact) mass is 359 g/mol. The number of hydrogen-bond acceptors (Lipinski definition) is 4. The molecule has 0 unspecified atom stereocenters. The minimum Gasteiger partial charge on any atom is -0.372 e. The van der Waals surface area contributed by atoms with Crippen molar-refractivity contribution in [3.05, 3.63) is 63.2 Å². The van der Waals surface area contributed by atoms with E-state index in [-0.39, 0.29) is 22.2 Å². The van der Waals surface area contributed by atoms with E-state index < -0.39 is 4.92 Å². The van der Waals surface area contributed by atoms with Crippen molar-refractivity contribution in [2.45, 2.75) is 12.8 Å². The van der Waals surface area contributed by atoms with Crippen LogP contribution in [0.5, 0.6) is 0 Å². The first-order valence-corrected chi connectivity index (χ1v) is 8.42. The Kier molecular flexibility index (Phi) is 4.90. The highest BCUT2D eigenvalue weighted by Gasteiger charge is 2.20. The Morgan fingerprint density at radius 1 is 1.16 bits per heavy atom. The summed E-state index contributed by atoms with van der Waals surface area (Å²) in [6, 6.07) is 11.6. The molecular weight excluding hydrogens is 342 g/mol. The van der Waals surface area contributed by atoms with Gasteiger partial charge in [-0.1, -0.05) is 11.6 Å². The van der Waals surface area contributed by atoms with Crippen LogP contribution in [0.25, 0.3) is 0 Å². The Bertz CT molecular complexity index is 802. The zero-order chi connectivity index (χ0) is 18.0. The minimum atomic E-state index is -0.544. The number of nitro benzene ring substituents is 1. The van der Waals surface area contributed by atoms with Crippen molar-refractivity contribution >= 4 is 34.6 Å². The SMILES string of the molecule is CN(C(=O)c1cc([N+](=O)[O-])ccc1Cl)c1ccc(N2CCCC2)cc1. The molecule has 0 radical (unpaired) electrons. The number of nitrogens with zero attached hydrogens (tertiary/aromatic N) is 3. The van der Waals surface area contributed by atoms with Gasteiger partial charge in [-0.15, -0.1) is 0 Å². The van der Waals surface area contributed by atoms with Crippen LogP contribution in [-0.4, -0.2) is 31.0 Å². The summed E-state index contributed by atoms with van der Waals surface area (Å²) in [4.78, 5) is 26.8. The van der Waals surface area contributed by atoms with E-state index in [2.05, 4.69) is 4.90 Å². The second-order valence-corrected chi connectivity index (χ2v) is 6.40. The van der Waals surface area contributed by atoms with Gasteiger partial charge in [0.2, 0.25) is 0 Å².